The Morgan fingerprint density at radius 2 is 1.96 bits per heavy atom. The van der Waals surface area contributed by atoms with Crippen molar-refractivity contribution in [2.45, 2.75) is 44.8 Å². The molecule has 1 saturated heterocycles. The maximum atomic E-state index is 6.13. The van der Waals surface area contributed by atoms with Crippen molar-refractivity contribution in [1.82, 2.24) is 9.80 Å². The lowest BCUT2D eigenvalue weighted by Crippen LogP contribution is -2.27. The van der Waals surface area contributed by atoms with E-state index in [0.29, 0.717) is 6.10 Å². The van der Waals surface area contributed by atoms with E-state index in [2.05, 4.69) is 42.1 Å². The predicted molar refractivity (Wildman–Crippen MR) is 97.8 cm³/mol. The van der Waals surface area contributed by atoms with Crippen LogP contribution in [0.2, 0.25) is 0 Å². The van der Waals surface area contributed by atoms with Gasteiger partial charge in [-0.3, -0.25) is 0 Å². The Morgan fingerprint density at radius 3 is 2.62 bits per heavy atom. The number of hydrogen-bond acceptors (Lipinski definition) is 4. The monoisotopic (exact) mass is 332 g/mol. The van der Waals surface area contributed by atoms with Crippen LogP contribution < -0.4 is 9.47 Å². The van der Waals surface area contributed by atoms with E-state index in [1.807, 2.05) is 0 Å². The number of nitrogens with zero attached hydrogens (tertiary/aromatic N) is 2. The molecule has 0 spiro atoms. The topological polar surface area (TPSA) is 24.9 Å². The zero-order valence-corrected chi connectivity index (χ0v) is 15.5. The van der Waals surface area contributed by atoms with Gasteiger partial charge in [0.2, 0.25) is 0 Å². The highest BCUT2D eigenvalue weighted by Crippen LogP contribution is 2.32. The molecule has 0 radical (unpaired) electrons. The van der Waals surface area contributed by atoms with Gasteiger partial charge in [0.15, 0.2) is 11.5 Å². The number of hydrogen-bond donors (Lipinski definition) is 0. The van der Waals surface area contributed by atoms with Gasteiger partial charge in [-0.1, -0.05) is 6.07 Å². The van der Waals surface area contributed by atoms with Gasteiger partial charge in [-0.2, -0.15) is 0 Å². The van der Waals surface area contributed by atoms with Crippen LogP contribution in [0.5, 0.6) is 11.5 Å². The average molecular weight is 332 g/mol. The number of ether oxygens (including phenoxy) is 2. The van der Waals surface area contributed by atoms with Gasteiger partial charge in [-0.15, -0.1) is 0 Å². The molecule has 3 rings (SSSR count). The standard InChI is InChI=1S/C20H32N2O2/c1-21-11-10-17(14-21)15-22(2)13-16-8-9-19(20(12-16)23-3)24-18-6-4-5-7-18/h8-9,12,17-18H,4-7,10-11,13-15H2,1-3H3/t17-/m1/s1. The van der Waals surface area contributed by atoms with Gasteiger partial charge < -0.3 is 19.3 Å². The molecule has 1 atom stereocenters. The van der Waals surface area contributed by atoms with Crippen LogP contribution in [0, 0.1) is 5.92 Å². The molecule has 1 aliphatic carbocycles. The predicted octanol–water partition coefficient (Wildman–Crippen LogP) is 3.40. The van der Waals surface area contributed by atoms with Gasteiger partial charge in [0.05, 0.1) is 13.2 Å². The van der Waals surface area contributed by atoms with Gasteiger partial charge in [0, 0.05) is 19.6 Å². The summed E-state index contributed by atoms with van der Waals surface area (Å²) >= 11 is 0. The van der Waals surface area contributed by atoms with Crippen LogP contribution >= 0.6 is 0 Å². The van der Waals surface area contributed by atoms with E-state index in [0.717, 1.165) is 30.5 Å². The molecule has 1 aliphatic heterocycles. The van der Waals surface area contributed by atoms with Crippen molar-refractivity contribution < 1.29 is 9.47 Å². The molecule has 0 unspecified atom stereocenters. The minimum atomic E-state index is 0.367. The zero-order chi connectivity index (χ0) is 16.9. The molecule has 2 aliphatic rings. The summed E-state index contributed by atoms with van der Waals surface area (Å²) < 4.78 is 11.7. The molecule has 0 aromatic heterocycles. The number of benzene rings is 1. The smallest absolute Gasteiger partial charge is 0.161 e. The van der Waals surface area contributed by atoms with Crippen LogP contribution in [0.4, 0.5) is 0 Å². The van der Waals surface area contributed by atoms with Crippen molar-refractivity contribution in [3.05, 3.63) is 23.8 Å². The quantitative estimate of drug-likeness (QED) is 0.764. The van der Waals surface area contributed by atoms with Crippen LogP contribution in [0.15, 0.2) is 18.2 Å². The Balaban J connectivity index is 1.57. The van der Waals surface area contributed by atoms with Crippen molar-refractivity contribution in [3.63, 3.8) is 0 Å². The van der Waals surface area contributed by atoms with E-state index in [1.165, 1.54) is 50.8 Å². The Bertz CT molecular complexity index is 528. The Morgan fingerprint density at radius 1 is 1.17 bits per heavy atom. The lowest BCUT2D eigenvalue weighted by molar-refractivity contribution is 0.200. The van der Waals surface area contributed by atoms with E-state index in [-0.39, 0.29) is 0 Å². The maximum absolute atomic E-state index is 6.13. The first kappa shape index (κ1) is 17.6. The third kappa shape index (κ3) is 4.64. The molecule has 4 heteroatoms. The normalized spacial score (nSPS) is 22.4. The summed E-state index contributed by atoms with van der Waals surface area (Å²) in [4.78, 5) is 4.85. The second-order valence-electron chi connectivity index (χ2n) is 7.62. The van der Waals surface area contributed by atoms with Crippen molar-refractivity contribution in [2.75, 3.05) is 40.8 Å². The third-order valence-corrected chi connectivity index (χ3v) is 5.34. The second kappa shape index (κ2) is 8.21. The fourth-order valence-corrected chi connectivity index (χ4v) is 4.09. The number of likely N-dealkylation sites (tertiary alicyclic amines) is 1. The molecule has 0 N–H and O–H groups in total. The molecule has 1 saturated carbocycles. The summed E-state index contributed by atoms with van der Waals surface area (Å²) in [6.07, 6.45) is 6.59. The molecule has 1 aromatic rings. The van der Waals surface area contributed by atoms with Gasteiger partial charge >= 0.3 is 0 Å². The van der Waals surface area contributed by atoms with Crippen LogP contribution in [0.3, 0.4) is 0 Å². The van der Waals surface area contributed by atoms with Crippen molar-refractivity contribution in [1.29, 1.82) is 0 Å². The lowest BCUT2D eigenvalue weighted by Gasteiger charge is -2.22. The molecular weight excluding hydrogens is 300 g/mol. The Kier molecular flexibility index (Phi) is 6.01. The van der Waals surface area contributed by atoms with Gasteiger partial charge in [-0.05, 0) is 76.4 Å². The molecule has 0 amide bonds. The van der Waals surface area contributed by atoms with E-state index < -0.39 is 0 Å². The number of methoxy groups -OCH3 is 1. The Hall–Kier alpha value is -1.26. The summed E-state index contributed by atoms with van der Waals surface area (Å²) in [5, 5.41) is 0. The van der Waals surface area contributed by atoms with E-state index in [4.69, 9.17) is 9.47 Å². The van der Waals surface area contributed by atoms with Crippen LogP contribution in [-0.4, -0.2) is 56.7 Å². The van der Waals surface area contributed by atoms with Crippen molar-refractivity contribution in [2.24, 2.45) is 5.92 Å². The molecule has 1 aromatic carbocycles. The van der Waals surface area contributed by atoms with Crippen LogP contribution in [0.1, 0.15) is 37.7 Å². The average Bonchev–Trinajstić information content (AvgIpc) is 3.20. The Labute approximate surface area is 146 Å². The van der Waals surface area contributed by atoms with Gasteiger partial charge in [0.1, 0.15) is 0 Å². The largest absolute Gasteiger partial charge is 0.493 e. The highest BCUT2D eigenvalue weighted by molar-refractivity contribution is 5.43. The van der Waals surface area contributed by atoms with Gasteiger partial charge in [0.25, 0.3) is 0 Å². The summed E-state index contributed by atoms with van der Waals surface area (Å²) in [5.41, 5.74) is 1.29. The van der Waals surface area contributed by atoms with Gasteiger partial charge in [-0.25, -0.2) is 0 Å². The molecular formula is C20H32N2O2. The molecule has 24 heavy (non-hydrogen) atoms. The van der Waals surface area contributed by atoms with Crippen molar-refractivity contribution in [3.8, 4) is 11.5 Å². The van der Waals surface area contributed by atoms with E-state index in [1.54, 1.807) is 7.11 Å². The van der Waals surface area contributed by atoms with E-state index in [9.17, 15) is 0 Å². The maximum Gasteiger partial charge on any atom is 0.161 e. The molecule has 1 heterocycles. The molecule has 134 valence electrons. The SMILES string of the molecule is COc1cc(CN(C)C[C@@H]2CCN(C)C2)ccc1OC1CCCC1. The first-order valence-electron chi connectivity index (χ1n) is 9.34. The lowest BCUT2D eigenvalue weighted by atomic mass is 10.1. The summed E-state index contributed by atoms with van der Waals surface area (Å²) in [6.45, 7) is 4.58. The number of rotatable bonds is 7. The fourth-order valence-electron chi connectivity index (χ4n) is 4.09. The highest BCUT2D eigenvalue weighted by Gasteiger charge is 2.21. The first-order chi connectivity index (χ1) is 11.6. The molecule has 2 fully saturated rings. The highest BCUT2D eigenvalue weighted by atomic mass is 16.5. The summed E-state index contributed by atoms with van der Waals surface area (Å²) in [5.74, 6) is 2.56. The minimum Gasteiger partial charge on any atom is -0.493 e. The first-order valence-corrected chi connectivity index (χ1v) is 9.34. The fraction of sp³-hybridized carbons (Fsp3) is 0.700. The molecule has 0 bridgehead atoms. The summed E-state index contributed by atoms with van der Waals surface area (Å²) in [6, 6.07) is 6.41. The molecule has 4 nitrogen and oxygen atoms in total. The summed E-state index contributed by atoms with van der Waals surface area (Å²) in [7, 11) is 6.17. The minimum absolute atomic E-state index is 0.367. The van der Waals surface area contributed by atoms with Crippen molar-refractivity contribution >= 4 is 0 Å². The van der Waals surface area contributed by atoms with Crippen LogP contribution in [0.25, 0.3) is 0 Å². The second-order valence-corrected chi connectivity index (χ2v) is 7.62. The zero-order valence-electron chi connectivity index (χ0n) is 15.5. The van der Waals surface area contributed by atoms with Crippen LogP contribution in [-0.2, 0) is 6.54 Å². The third-order valence-electron chi connectivity index (χ3n) is 5.34. The van der Waals surface area contributed by atoms with E-state index >= 15 is 0 Å².